The molecule has 2 aromatic heterocycles. The Morgan fingerprint density at radius 2 is 1.92 bits per heavy atom. The van der Waals surface area contributed by atoms with E-state index in [0.717, 1.165) is 0 Å². The summed E-state index contributed by atoms with van der Waals surface area (Å²) in [6.45, 7) is 0. The molecule has 0 saturated heterocycles. The molecule has 0 radical (unpaired) electrons. The maximum atomic E-state index is 12.7. The lowest BCUT2D eigenvalue weighted by molar-refractivity contribution is -0.159. The first-order valence-electron chi connectivity index (χ1n) is 6.98. The highest BCUT2D eigenvalue weighted by molar-refractivity contribution is 7.93. The van der Waals surface area contributed by atoms with Crippen LogP contribution in [-0.2, 0) is 15.9 Å². The van der Waals surface area contributed by atoms with Gasteiger partial charge >= 0.3 is 12.1 Å². The number of carbonyl (C=O) groups excluding carboxylic acids is 1. The molecule has 3 rings (SSSR count). The van der Waals surface area contributed by atoms with E-state index in [1.165, 1.54) is 41.9 Å². The molecule has 0 saturated carbocycles. The number of halogens is 3. The van der Waals surface area contributed by atoms with Crippen LogP contribution in [0.2, 0.25) is 0 Å². The zero-order chi connectivity index (χ0) is 18.9. The van der Waals surface area contributed by atoms with Gasteiger partial charge in [0, 0.05) is 16.7 Å². The van der Waals surface area contributed by atoms with Crippen LogP contribution in [0, 0.1) is 0 Å². The minimum absolute atomic E-state index is 0.243. The first-order valence-corrected chi connectivity index (χ1v) is 9.78. The van der Waals surface area contributed by atoms with Gasteiger partial charge in [-0.25, -0.2) is 4.21 Å². The van der Waals surface area contributed by atoms with Gasteiger partial charge in [-0.2, -0.15) is 22.5 Å². The van der Waals surface area contributed by atoms with Gasteiger partial charge in [-0.1, -0.05) is 11.2 Å². The third kappa shape index (κ3) is 3.83. The number of alkyl halides is 3. The molecule has 0 N–H and O–H groups in total. The minimum Gasteiger partial charge on any atom is -0.329 e. The highest BCUT2D eigenvalue weighted by Gasteiger charge is 2.38. The Hall–Kier alpha value is -2.53. The van der Waals surface area contributed by atoms with E-state index in [1.54, 1.807) is 17.5 Å². The summed E-state index contributed by atoms with van der Waals surface area (Å²) in [6.07, 6.45) is -3.42. The summed E-state index contributed by atoms with van der Waals surface area (Å²) in [5.41, 5.74) is 0.243. The van der Waals surface area contributed by atoms with Crippen LogP contribution in [0.4, 0.5) is 13.2 Å². The van der Waals surface area contributed by atoms with Crippen molar-refractivity contribution in [1.29, 1.82) is 0 Å². The van der Waals surface area contributed by atoms with Crippen LogP contribution in [0.5, 0.6) is 0 Å². The zero-order valence-corrected chi connectivity index (χ0v) is 14.7. The summed E-state index contributed by atoms with van der Waals surface area (Å²) >= 11 is 1.18. The Kier molecular flexibility index (Phi) is 4.67. The van der Waals surface area contributed by atoms with E-state index >= 15 is 0 Å². The second-order valence-electron chi connectivity index (χ2n) is 5.12. The van der Waals surface area contributed by atoms with Crippen LogP contribution >= 0.6 is 11.3 Å². The quantitative estimate of drug-likeness (QED) is 0.659. The van der Waals surface area contributed by atoms with Gasteiger partial charge in [0.15, 0.2) is 0 Å². The van der Waals surface area contributed by atoms with E-state index in [4.69, 9.17) is 0 Å². The normalized spacial score (nSPS) is 14.0. The van der Waals surface area contributed by atoms with Crippen LogP contribution in [0.15, 0.2) is 55.6 Å². The summed E-state index contributed by atoms with van der Waals surface area (Å²) < 4.78 is 58.1. The molecule has 0 aliphatic carbocycles. The fraction of sp³-hybridized carbons (Fsp3) is 0.133. The van der Waals surface area contributed by atoms with Gasteiger partial charge in [-0.3, -0.25) is 4.79 Å². The Morgan fingerprint density at radius 1 is 1.23 bits per heavy atom. The minimum atomic E-state index is -4.73. The van der Waals surface area contributed by atoms with Gasteiger partial charge < -0.3 is 4.52 Å². The smallest absolute Gasteiger partial charge is 0.329 e. The van der Waals surface area contributed by atoms with E-state index in [0.29, 0.717) is 4.88 Å². The molecule has 0 bridgehead atoms. The molecule has 1 atom stereocenters. The first kappa shape index (κ1) is 18.3. The number of benzene rings is 1. The molecule has 26 heavy (non-hydrogen) atoms. The van der Waals surface area contributed by atoms with Crippen LogP contribution in [0.25, 0.3) is 11.4 Å². The summed E-state index contributed by atoms with van der Waals surface area (Å²) in [6, 6.07) is 8.81. The third-order valence-electron chi connectivity index (χ3n) is 3.21. The third-order valence-corrected chi connectivity index (χ3v) is 5.73. The Balaban J connectivity index is 1.88. The number of aromatic nitrogens is 2. The topological polar surface area (TPSA) is 85.4 Å². The molecule has 0 spiro atoms. The van der Waals surface area contributed by atoms with Crippen LogP contribution < -0.4 is 0 Å². The molecule has 136 valence electrons. The largest absolute Gasteiger partial charge is 0.471 e. The van der Waals surface area contributed by atoms with Crippen molar-refractivity contribution in [3.63, 3.8) is 0 Å². The van der Waals surface area contributed by atoms with Gasteiger partial charge in [0.25, 0.3) is 5.91 Å². The number of nitrogens with zero attached hydrogens (tertiary/aromatic N) is 3. The second kappa shape index (κ2) is 6.65. The Bertz CT molecular complexity index is 1050. The average Bonchev–Trinajstić information content (AvgIpc) is 3.26. The van der Waals surface area contributed by atoms with Crippen molar-refractivity contribution < 1.29 is 26.7 Å². The molecule has 0 fully saturated rings. The molecule has 0 aliphatic heterocycles. The van der Waals surface area contributed by atoms with Crippen molar-refractivity contribution in [2.75, 3.05) is 6.26 Å². The summed E-state index contributed by atoms with van der Waals surface area (Å²) in [5, 5.41) is 4.98. The van der Waals surface area contributed by atoms with Crippen molar-refractivity contribution in [2.45, 2.75) is 11.1 Å². The van der Waals surface area contributed by atoms with Crippen molar-refractivity contribution in [1.82, 2.24) is 10.1 Å². The standard InChI is InChI=1S/C15H10F3N3O3S2/c1-26(23,21-13(22)11-3-2-8-25-11)10-6-4-9(5-7-10)12-19-14(24-20-12)15(16,17)18/h2-8H,1H3. The maximum absolute atomic E-state index is 12.7. The van der Waals surface area contributed by atoms with E-state index in [9.17, 15) is 22.2 Å². The van der Waals surface area contributed by atoms with Gasteiger partial charge in [-0.15, -0.1) is 11.3 Å². The van der Waals surface area contributed by atoms with E-state index < -0.39 is 27.7 Å². The predicted octanol–water partition coefficient (Wildman–Crippen LogP) is 4.11. The van der Waals surface area contributed by atoms with Gasteiger partial charge in [0.05, 0.1) is 14.6 Å². The number of carbonyl (C=O) groups is 1. The molecule has 1 aromatic carbocycles. The van der Waals surface area contributed by atoms with Gasteiger partial charge in [0.1, 0.15) is 0 Å². The van der Waals surface area contributed by atoms with Crippen LogP contribution in [0.3, 0.4) is 0 Å². The van der Waals surface area contributed by atoms with E-state index in [2.05, 4.69) is 19.0 Å². The molecule has 1 unspecified atom stereocenters. The molecule has 6 nitrogen and oxygen atoms in total. The predicted molar refractivity (Wildman–Crippen MR) is 88.1 cm³/mol. The van der Waals surface area contributed by atoms with Crippen molar-refractivity contribution >= 4 is 27.0 Å². The number of hydrogen-bond acceptors (Lipinski definition) is 6. The summed E-state index contributed by atoms with van der Waals surface area (Å²) in [7, 11) is -3.01. The number of rotatable bonds is 3. The fourth-order valence-corrected chi connectivity index (χ4v) is 3.79. The molecular formula is C15H10F3N3O3S2. The number of thiophene rings is 1. The monoisotopic (exact) mass is 401 g/mol. The molecule has 11 heteroatoms. The molecule has 1 amide bonds. The van der Waals surface area contributed by atoms with Crippen molar-refractivity contribution in [3.05, 3.63) is 52.5 Å². The number of hydrogen-bond donors (Lipinski definition) is 0. The van der Waals surface area contributed by atoms with E-state index in [1.807, 2.05) is 0 Å². The molecule has 0 aliphatic rings. The molecule has 3 aromatic rings. The maximum Gasteiger partial charge on any atom is 0.471 e. The second-order valence-corrected chi connectivity index (χ2v) is 8.33. The van der Waals surface area contributed by atoms with Crippen molar-refractivity contribution in [2.24, 2.45) is 4.36 Å². The summed E-state index contributed by atoms with van der Waals surface area (Å²) in [4.78, 5) is 15.9. The first-order chi connectivity index (χ1) is 12.2. The average molecular weight is 401 g/mol. The molecular weight excluding hydrogens is 391 g/mol. The van der Waals surface area contributed by atoms with Crippen LogP contribution in [0.1, 0.15) is 15.6 Å². The zero-order valence-electron chi connectivity index (χ0n) is 13.1. The Morgan fingerprint density at radius 3 is 2.46 bits per heavy atom. The highest BCUT2D eigenvalue weighted by atomic mass is 32.2. The van der Waals surface area contributed by atoms with Crippen LogP contribution in [-0.4, -0.2) is 26.5 Å². The van der Waals surface area contributed by atoms with Gasteiger partial charge in [0.2, 0.25) is 5.82 Å². The highest BCUT2D eigenvalue weighted by Crippen LogP contribution is 2.29. The number of amides is 1. The van der Waals surface area contributed by atoms with Gasteiger partial charge in [-0.05, 0) is 35.7 Å². The molecule has 2 heterocycles. The van der Waals surface area contributed by atoms with Crippen molar-refractivity contribution in [3.8, 4) is 11.4 Å². The SMILES string of the molecule is CS(=O)(=NC(=O)c1cccs1)c1ccc(-c2noc(C(F)(F)F)n2)cc1. The fourth-order valence-electron chi connectivity index (χ4n) is 1.97. The summed E-state index contributed by atoms with van der Waals surface area (Å²) in [5.74, 6) is -2.30. The lowest BCUT2D eigenvalue weighted by Crippen LogP contribution is -2.05. The lowest BCUT2D eigenvalue weighted by atomic mass is 10.2. The Labute approximate surface area is 149 Å². The van der Waals surface area contributed by atoms with E-state index in [-0.39, 0.29) is 16.3 Å². The lowest BCUT2D eigenvalue weighted by Gasteiger charge is -2.04.